The minimum Gasteiger partial charge on any atom is -0.497 e. The van der Waals surface area contributed by atoms with E-state index in [2.05, 4.69) is 0 Å². The van der Waals surface area contributed by atoms with E-state index in [-0.39, 0.29) is 6.61 Å². The number of ether oxygens (including phenoxy) is 2. The fourth-order valence-corrected chi connectivity index (χ4v) is 1.41. The lowest BCUT2D eigenvalue weighted by Gasteiger charge is -2.14. The van der Waals surface area contributed by atoms with E-state index in [9.17, 15) is 5.11 Å². The van der Waals surface area contributed by atoms with Crippen molar-refractivity contribution in [1.82, 2.24) is 0 Å². The fourth-order valence-electron chi connectivity index (χ4n) is 1.29. The second-order valence-corrected chi connectivity index (χ2v) is 4.13. The van der Waals surface area contributed by atoms with E-state index >= 15 is 0 Å². The molecule has 0 saturated carbocycles. The van der Waals surface area contributed by atoms with E-state index in [1.54, 1.807) is 32.2 Å². The van der Waals surface area contributed by atoms with Crippen molar-refractivity contribution >= 4 is 23.2 Å². The number of aliphatic hydroxyl groups is 1. The Morgan fingerprint density at radius 3 is 2.76 bits per heavy atom. The highest BCUT2D eigenvalue weighted by atomic mass is 35.5. The average molecular weight is 277 g/mol. The van der Waals surface area contributed by atoms with Crippen LogP contribution in [0.2, 0.25) is 0 Å². The summed E-state index contributed by atoms with van der Waals surface area (Å²) >= 11 is 11.2. The van der Waals surface area contributed by atoms with Gasteiger partial charge in [0.25, 0.3) is 0 Å². The highest BCUT2D eigenvalue weighted by molar-refractivity contribution is 6.36. The molecular weight excluding hydrogens is 263 g/mol. The Morgan fingerprint density at radius 1 is 1.53 bits per heavy atom. The molecule has 3 nitrogen and oxygen atoms in total. The van der Waals surface area contributed by atoms with Crippen molar-refractivity contribution in [2.75, 3.05) is 13.7 Å². The standard InChI is InChI=1S/C12H14Cl2O3/c1-8(15)11-4-3-10(16-2)5-12(11)17-7-9(14)6-13/h3-6,8,15H,7H2,1-2H3/b9-6-/t8-/m0/s1. The molecule has 94 valence electrons. The minimum absolute atomic E-state index is 0.151. The third kappa shape index (κ3) is 4.11. The van der Waals surface area contributed by atoms with Gasteiger partial charge in [-0.15, -0.1) is 0 Å². The van der Waals surface area contributed by atoms with Crippen LogP contribution in [-0.2, 0) is 0 Å². The van der Waals surface area contributed by atoms with Gasteiger partial charge in [0.1, 0.15) is 18.1 Å². The number of rotatable bonds is 5. The van der Waals surface area contributed by atoms with E-state index in [0.29, 0.717) is 22.1 Å². The molecular formula is C12H14Cl2O3. The molecule has 0 aliphatic carbocycles. The predicted molar refractivity (Wildman–Crippen MR) is 68.9 cm³/mol. The normalized spacial score (nSPS) is 13.4. The van der Waals surface area contributed by atoms with Crippen molar-refractivity contribution in [3.63, 3.8) is 0 Å². The first-order chi connectivity index (χ1) is 8.08. The Bertz CT molecular complexity index is 403. The Hall–Kier alpha value is -0.900. The lowest BCUT2D eigenvalue weighted by atomic mass is 10.1. The molecule has 1 atom stereocenters. The summed E-state index contributed by atoms with van der Waals surface area (Å²) < 4.78 is 10.6. The van der Waals surface area contributed by atoms with Gasteiger partial charge in [0, 0.05) is 17.2 Å². The summed E-state index contributed by atoms with van der Waals surface area (Å²) in [6.45, 7) is 1.81. The van der Waals surface area contributed by atoms with Gasteiger partial charge in [0.05, 0.1) is 18.2 Å². The zero-order chi connectivity index (χ0) is 12.8. The van der Waals surface area contributed by atoms with Crippen LogP contribution in [0.3, 0.4) is 0 Å². The molecule has 0 unspecified atom stereocenters. The molecule has 1 aromatic rings. The van der Waals surface area contributed by atoms with Gasteiger partial charge < -0.3 is 14.6 Å². The topological polar surface area (TPSA) is 38.7 Å². The van der Waals surface area contributed by atoms with Gasteiger partial charge in [-0.2, -0.15) is 0 Å². The van der Waals surface area contributed by atoms with Gasteiger partial charge in [-0.05, 0) is 19.1 Å². The number of aliphatic hydroxyl groups excluding tert-OH is 1. The van der Waals surface area contributed by atoms with E-state index in [0.717, 1.165) is 0 Å². The zero-order valence-electron chi connectivity index (χ0n) is 9.61. The fraction of sp³-hybridized carbons (Fsp3) is 0.333. The lowest BCUT2D eigenvalue weighted by molar-refractivity contribution is 0.192. The summed E-state index contributed by atoms with van der Waals surface area (Å²) in [5.41, 5.74) is 1.91. The summed E-state index contributed by atoms with van der Waals surface area (Å²) in [6.07, 6.45) is -0.630. The van der Waals surface area contributed by atoms with Gasteiger partial charge in [-0.25, -0.2) is 0 Å². The van der Waals surface area contributed by atoms with Crippen molar-refractivity contribution in [2.45, 2.75) is 13.0 Å². The average Bonchev–Trinajstić information content (AvgIpc) is 2.35. The van der Waals surface area contributed by atoms with Crippen molar-refractivity contribution in [3.05, 3.63) is 34.3 Å². The summed E-state index contributed by atoms with van der Waals surface area (Å²) in [7, 11) is 1.56. The SMILES string of the molecule is COc1ccc([C@H](C)O)c(OC/C(Cl)=C/Cl)c1. The molecule has 1 aromatic carbocycles. The molecule has 17 heavy (non-hydrogen) atoms. The first-order valence-corrected chi connectivity index (χ1v) is 5.83. The first kappa shape index (κ1) is 14.2. The largest absolute Gasteiger partial charge is 0.497 e. The van der Waals surface area contributed by atoms with Gasteiger partial charge >= 0.3 is 0 Å². The predicted octanol–water partition coefficient (Wildman–Crippen LogP) is 3.45. The molecule has 0 saturated heterocycles. The summed E-state index contributed by atoms with van der Waals surface area (Å²) in [5.74, 6) is 1.17. The molecule has 0 radical (unpaired) electrons. The van der Waals surface area contributed by atoms with Crippen LogP contribution in [0.5, 0.6) is 11.5 Å². The second-order valence-electron chi connectivity index (χ2n) is 3.42. The number of benzene rings is 1. The van der Waals surface area contributed by atoms with Crippen LogP contribution < -0.4 is 9.47 Å². The van der Waals surface area contributed by atoms with Crippen molar-refractivity contribution in [2.24, 2.45) is 0 Å². The second kappa shape index (κ2) is 6.74. The molecule has 0 aliphatic rings. The van der Waals surface area contributed by atoms with Crippen molar-refractivity contribution in [3.8, 4) is 11.5 Å². The van der Waals surface area contributed by atoms with Gasteiger partial charge in [-0.1, -0.05) is 23.2 Å². The Balaban J connectivity index is 2.93. The molecule has 0 spiro atoms. The van der Waals surface area contributed by atoms with Crippen LogP contribution in [0.4, 0.5) is 0 Å². The Kier molecular flexibility index (Phi) is 5.62. The van der Waals surface area contributed by atoms with Crippen molar-refractivity contribution < 1.29 is 14.6 Å². The molecule has 1 rings (SSSR count). The minimum atomic E-state index is -0.630. The maximum atomic E-state index is 9.60. The Labute approximate surface area is 111 Å². The zero-order valence-corrected chi connectivity index (χ0v) is 11.1. The number of hydrogen-bond donors (Lipinski definition) is 1. The number of halogens is 2. The van der Waals surface area contributed by atoms with Gasteiger partial charge in [0.15, 0.2) is 0 Å². The van der Waals surface area contributed by atoms with E-state index < -0.39 is 6.10 Å². The highest BCUT2D eigenvalue weighted by Gasteiger charge is 2.11. The van der Waals surface area contributed by atoms with E-state index in [1.165, 1.54) is 5.54 Å². The molecule has 1 N–H and O–H groups in total. The summed E-state index contributed by atoms with van der Waals surface area (Å²) in [4.78, 5) is 0. The molecule has 0 aromatic heterocycles. The highest BCUT2D eigenvalue weighted by Crippen LogP contribution is 2.30. The van der Waals surface area contributed by atoms with Gasteiger partial charge in [-0.3, -0.25) is 0 Å². The smallest absolute Gasteiger partial charge is 0.129 e. The number of methoxy groups -OCH3 is 1. The third-order valence-corrected chi connectivity index (χ3v) is 2.75. The quantitative estimate of drug-likeness (QED) is 0.895. The summed E-state index contributed by atoms with van der Waals surface area (Å²) in [6, 6.07) is 5.20. The van der Waals surface area contributed by atoms with Crippen LogP contribution in [0.15, 0.2) is 28.8 Å². The van der Waals surface area contributed by atoms with Crippen molar-refractivity contribution in [1.29, 1.82) is 0 Å². The number of hydrogen-bond acceptors (Lipinski definition) is 3. The maximum absolute atomic E-state index is 9.60. The van der Waals surface area contributed by atoms with Gasteiger partial charge in [0.2, 0.25) is 0 Å². The molecule has 0 aliphatic heterocycles. The van der Waals surface area contributed by atoms with Crippen LogP contribution in [-0.4, -0.2) is 18.8 Å². The van der Waals surface area contributed by atoms with Crippen LogP contribution in [0, 0.1) is 0 Å². The van der Waals surface area contributed by atoms with Crippen LogP contribution >= 0.6 is 23.2 Å². The van der Waals surface area contributed by atoms with Crippen LogP contribution in [0.25, 0.3) is 0 Å². The molecule has 0 bridgehead atoms. The molecule has 0 heterocycles. The summed E-state index contributed by atoms with van der Waals surface area (Å²) in [5, 5.41) is 9.98. The monoisotopic (exact) mass is 276 g/mol. The first-order valence-electron chi connectivity index (χ1n) is 5.02. The Morgan fingerprint density at radius 2 is 2.24 bits per heavy atom. The molecule has 0 fully saturated rings. The van der Waals surface area contributed by atoms with E-state index in [1.807, 2.05) is 0 Å². The van der Waals surface area contributed by atoms with Crippen LogP contribution in [0.1, 0.15) is 18.6 Å². The maximum Gasteiger partial charge on any atom is 0.129 e. The third-order valence-electron chi connectivity index (χ3n) is 2.15. The van der Waals surface area contributed by atoms with E-state index in [4.69, 9.17) is 32.7 Å². The molecule has 0 amide bonds. The molecule has 5 heteroatoms. The lowest BCUT2D eigenvalue weighted by Crippen LogP contribution is -2.02.